The minimum atomic E-state index is -1.08. The molecular formula is C9H13N3O3. The maximum absolute atomic E-state index is 11.3. The molecule has 0 aliphatic carbocycles. The molecule has 0 spiro atoms. The van der Waals surface area contributed by atoms with Crippen LogP contribution in [0.2, 0.25) is 0 Å². The molecule has 1 rings (SSSR count). The number of hydrogen-bond acceptors (Lipinski definition) is 3. The SMILES string of the molecule is CC(C)c1cc(C(=O)NCC(=O)O)n[nH]1. The van der Waals surface area contributed by atoms with E-state index in [4.69, 9.17) is 5.11 Å². The van der Waals surface area contributed by atoms with Crippen LogP contribution in [0.15, 0.2) is 6.07 Å². The summed E-state index contributed by atoms with van der Waals surface area (Å²) >= 11 is 0. The van der Waals surface area contributed by atoms with Crippen molar-refractivity contribution in [1.82, 2.24) is 15.5 Å². The van der Waals surface area contributed by atoms with Crippen molar-refractivity contribution in [3.05, 3.63) is 17.5 Å². The number of nitrogens with one attached hydrogen (secondary N) is 2. The zero-order valence-electron chi connectivity index (χ0n) is 8.57. The Morgan fingerprint density at radius 2 is 2.27 bits per heavy atom. The second-order valence-corrected chi connectivity index (χ2v) is 3.44. The Labute approximate surface area is 86.7 Å². The van der Waals surface area contributed by atoms with E-state index in [2.05, 4.69) is 15.5 Å². The number of rotatable bonds is 4. The van der Waals surface area contributed by atoms with Crippen LogP contribution in [0.25, 0.3) is 0 Å². The predicted octanol–water partition coefficient (Wildman–Crippen LogP) is 0.347. The minimum absolute atomic E-state index is 0.208. The van der Waals surface area contributed by atoms with Crippen LogP contribution in [0.4, 0.5) is 0 Å². The normalized spacial score (nSPS) is 10.3. The fourth-order valence-electron chi connectivity index (χ4n) is 0.995. The van der Waals surface area contributed by atoms with Crippen molar-refractivity contribution in [2.45, 2.75) is 19.8 Å². The van der Waals surface area contributed by atoms with Crippen molar-refractivity contribution >= 4 is 11.9 Å². The highest BCUT2D eigenvalue weighted by molar-refractivity contribution is 5.94. The first-order valence-electron chi connectivity index (χ1n) is 4.56. The van der Waals surface area contributed by atoms with Gasteiger partial charge in [0.1, 0.15) is 12.2 Å². The van der Waals surface area contributed by atoms with Gasteiger partial charge in [-0.15, -0.1) is 0 Å². The summed E-state index contributed by atoms with van der Waals surface area (Å²) in [5, 5.41) is 17.1. The molecule has 82 valence electrons. The van der Waals surface area contributed by atoms with Crippen molar-refractivity contribution in [2.75, 3.05) is 6.54 Å². The number of H-pyrrole nitrogens is 1. The van der Waals surface area contributed by atoms with Crippen molar-refractivity contribution in [3.8, 4) is 0 Å². The van der Waals surface area contributed by atoms with Gasteiger partial charge in [-0.3, -0.25) is 14.7 Å². The lowest BCUT2D eigenvalue weighted by atomic mass is 10.1. The van der Waals surface area contributed by atoms with E-state index < -0.39 is 18.4 Å². The van der Waals surface area contributed by atoms with Crippen LogP contribution in [-0.4, -0.2) is 33.7 Å². The third kappa shape index (κ3) is 3.08. The molecule has 0 saturated heterocycles. The summed E-state index contributed by atoms with van der Waals surface area (Å²) in [5.41, 5.74) is 1.05. The number of nitrogens with zero attached hydrogens (tertiary/aromatic N) is 1. The number of carboxylic acid groups (broad SMARTS) is 1. The Balaban J connectivity index is 2.62. The van der Waals surface area contributed by atoms with Crippen LogP contribution in [-0.2, 0) is 4.79 Å². The summed E-state index contributed by atoms with van der Waals surface area (Å²) in [7, 11) is 0. The monoisotopic (exact) mass is 211 g/mol. The number of aromatic amines is 1. The first-order chi connectivity index (χ1) is 7.00. The Hall–Kier alpha value is -1.85. The molecule has 15 heavy (non-hydrogen) atoms. The molecular weight excluding hydrogens is 198 g/mol. The topological polar surface area (TPSA) is 95.1 Å². The van der Waals surface area contributed by atoms with Gasteiger partial charge in [0.15, 0.2) is 0 Å². The highest BCUT2D eigenvalue weighted by Crippen LogP contribution is 2.11. The van der Waals surface area contributed by atoms with Crippen LogP contribution in [0, 0.1) is 0 Å². The highest BCUT2D eigenvalue weighted by atomic mass is 16.4. The number of carbonyl (C=O) groups excluding carboxylic acids is 1. The Kier molecular flexibility index (Phi) is 3.43. The number of carboxylic acids is 1. The third-order valence-electron chi connectivity index (χ3n) is 1.85. The van der Waals surface area contributed by atoms with E-state index in [-0.39, 0.29) is 11.6 Å². The molecule has 0 radical (unpaired) electrons. The minimum Gasteiger partial charge on any atom is -0.480 e. The van der Waals surface area contributed by atoms with Gasteiger partial charge in [0, 0.05) is 5.69 Å². The average molecular weight is 211 g/mol. The molecule has 1 amide bonds. The predicted molar refractivity (Wildman–Crippen MR) is 52.6 cm³/mol. The zero-order chi connectivity index (χ0) is 11.4. The maximum atomic E-state index is 11.3. The molecule has 0 unspecified atom stereocenters. The summed E-state index contributed by atoms with van der Waals surface area (Å²) in [6, 6.07) is 1.61. The van der Waals surface area contributed by atoms with Crippen molar-refractivity contribution in [2.24, 2.45) is 0 Å². The van der Waals surface area contributed by atoms with Crippen molar-refractivity contribution in [1.29, 1.82) is 0 Å². The number of aliphatic carboxylic acids is 1. The number of amides is 1. The molecule has 0 bridgehead atoms. The smallest absolute Gasteiger partial charge is 0.322 e. The van der Waals surface area contributed by atoms with E-state index in [1.54, 1.807) is 6.07 Å². The van der Waals surface area contributed by atoms with Gasteiger partial charge in [0.25, 0.3) is 5.91 Å². The van der Waals surface area contributed by atoms with E-state index in [9.17, 15) is 9.59 Å². The maximum Gasteiger partial charge on any atom is 0.322 e. The molecule has 6 nitrogen and oxygen atoms in total. The van der Waals surface area contributed by atoms with Crippen LogP contribution in [0.1, 0.15) is 35.9 Å². The second kappa shape index (κ2) is 4.59. The molecule has 0 aliphatic heterocycles. The lowest BCUT2D eigenvalue weighted by Crippen LogP contribution is -2.29. The van der Waals surface area contributed by atoms with Gasteiger partial charge in [-0.05, 0) is 12.0 Å². The van der Waals surface area contributed by atoms with E-state index in [0.717, 1.165) is 5.69 Å². The molecule has 3 N–H and O–H groups in total. The van der Waals surface area contributed by atoms with Crippen LogP contribution >= 0.6 is 0 Å². The highest BCUT2D eigenvalue weighted by Gasteiger charge is 2.12. The van der Waals surface area contributed by atoms with Gasteiger partial charge in [-0.1, -0.05) is 13.8 Å². The summed E-state index contributed by atoms with van der Waals surface area (Å²) in [5.74, 6) is -1.32. The molecule has 1 heterocycles. The first-order valence-corrected chi connectivity index (χ1v) is 4.56. The van der Waals surface area contributed by atoms with E-state index in [1.807, 2.05) is 13.8 Å². The van der Waals surface area contributed by atoms with Crippen molar-refractivity contribution < 1.29 is 14.7 Å². The quantitative estimate of drug-likeness (QED) is 0.669. The molecule has 1 aromatic rings. The molecule has 0 aromatic carbocycles. The summed E-state index contributed by atoms with van der Waals surface area (Å²) in [6.07, 6.45) is 0. The van der Waals surface area contributed by atoms with Crippen molar-refractivity contribution in [3.63, 3.8) is 0 Å². The summed E-state index contributed by atoms with van der Waals surface area (Å²) in [6.45, 7) is 3.53. The van der Waals surface area contributed by atoms with E-state index >= 15 is 0 Å². The fraction of sp³-hybridized carbons (Fsp3) is 0.444. The lowest BCUT2D eigenvalue weighted by Gasteiger charge is -1.98. The van der Waals surface area contributed by atoms with Gasteiger partial charge in [-0.2, -0.15) is 5.10 Å². The molecule has 0 saturated carbocycles. The molecule has 0 aliphatic rings. The van der Waals surface area contributed by atoms with Gasteiger partial charge >= 0.3 is 5.97 Å². The zero-order valence-corrected chi connectivity index (χ0v) is 8.57. The van der Waals surface area contributed by atoms with E-state index in [1.165, 1.54) is 0 Å². The molecule has 0 atom stereocenters. The molecule has 1 aromatic heterocycles. The molecule has 0 fully saturated rings. The van der Waals surface area contributed by atoms with Gasteiger partial charge in [0.05, 0.1) is 0 Å². The Morgan fingerprint density at radius 3 is 2.73 bits per heavy atom. The standard InChI is InChI=1S/C9H13N3O3/c1-5(2)6-3-7(12-11-6)9(15)10-4-8(13)14/h3,5H,4H2,1-2H3,(H,10,15)(H,11,12)(H,13,14). The fourth-order valence-corrected chi connectivity index (χ4v) is 0.995. The Bertz CT molecular complexity index is 370. The summed E-state index contributed by atoms with van der Waals surface area (Å²) < 4.78 is 0. The number of hydrogen-bond donors (Lipinski definition) is 3. The third-order valence-corrected chi connectivity index (χ3v) is 1.85. The van der Waals surface area contributed by atoms with Gasteiger partial charge in [-0.25, -0.2) is 0 Å². The van der Waals surface area contributed by atoms with Gasteiger partial charge < -0.3 is 10.4 Å². The largest absolute Gasteiger partial charge is 0.480 e. The second-order valence-electron chi connectivity index (χ2n) is 3.44. The van der Waals surface area contributed by atoms with Crippen LogP contribution in [0.5, 0.6) is 0 Å². The van der Waals surface area contributed by atoms with Crippen LogP contribution in [0.3, 0.4) is 0 Å². The number of carbonyl (C=O) groups is 2. The van der Waals surface area contributed by atoms with Gasteiger partial charge in [0.2, 0.25) is 0 Å². The van der Waals surface area contributed by atoms with E-state index in [0.29, 0.717) is 0 Å². The number of aromatic nitrogens is 2. The Morgan fingerprint density at radius 1 is 1.60 bits per heavy atom. The summed E-state index contributed by atoms with van der Waals surface area (Å²) in [4.78, 5) is 21.5. The lowest BCUT2D eigenvalue weighted by molar-refractivity contribution is -0.135. The first kappa shape index (κ1) is 11.2. The molecule has 6 heteroatoms. The van der Waals surface area contributed by atoms with Crippen LogP contribution < -0.4 is 5.32 Å². The average Bonchev–Trinajstić information content (AvgIpc) is 2.62.